The summed E-state index contributed by atoms with van der Waals surface area (Å²) in [5, 5.41) is 3.41. The Morgan fingerprint density at radius 1 is 1.43 bits per heavy atom. The number of hydrogen-bond donors (Lipinski definition) is 1. The van der Waals surface area contributed by atoms with Gasteiger partial charge in [0.1, 0.15) is 0 Å². The van der Waals surface area contributed by atoms with Crippen LogP contribution in [0, 0.1) is 6.92 Å². The summed E-state index contributed by atoms with van der Waals surface area (Å²) in [7, 11) is 0. The molecule has 0 aliphatic heterocycles. The summed E-state index contributed by atoms with van der Waals surface area (Å²) in [6.07, 6.45) is 7.19. The van der Waals surface area contributed by atoms with Gasteiger partial charge in [-0.05, 0) is 43.0 Å². The van der Waals surface area contributed by atoms with Crippen LogP contribution in [0.3, 0.4) is 0 Å². The van der Waals surface area contributed by atoms with Crippen LogP contribution in [-0.2, 0) is 6.54 Å². The van der Waals surface area contributed by atoms with E-state index in [1.165, 1.54) is 23.3 Å². The third-order valence-corrected chi connectivity index (χ3v) is 2.66. The van der Waals surface area contributed by atoms with Crippen molar-refractivity contribution in [2.45, 2.75) is 19.9 Å². The molecule has 0 aliphatic rings. The quantitative estimate of drug-likeness (QED) is 0.729. The van der Waals surface area contributed by atoms with Gasteiger partial charge in [-0.1, -0.05) is 6.07 Å². The number of aryl methyl sites for hydroxylation is 1. The standard InChI is InChI=1S/C11H18N2S/c1-10-6-11(9-13-7-10)8-12-4-3-5-14-2/h6-7,9,12H,3-5,8H2,1-2H3. The van der Waals surface area contributed by atoms with Gasteiger partial charge in [0.25, 0.3) is 0 Å². The molecule has 0 fully saturated rings. The van der Waals surface area contributed by atoms with Crippen LogP contribution in [-0.4, -0.2) is 23.5 Å². The van der Waals surface area contributed by atoms with Gasteiger partial charge in [-0.3, -0.25) is 4.98 Å². The van der Waals surface area contributed by atoms with Crippen LogP contribution < -0.4 is 5.32 Å². The maximum absolute atomic E-state index is 4.16. The zero-order chi connectivity index (χ0) is 10.2. The van der Waals surface area contributed by atoms with Gasteiger partial charge >= 0.3 is 0 Å². The van der Waals surface area contributed by atoms with Crippen molar-refractivity contribution in [2.75, 3.05) is 18.6 Å². The Kier molecular flexibility index (Phi) is 5.64. The lowest BCUT2D eigenvalue weighted by molar-refractivity contribution is 0.677. The fraction of sp³-hybridized carbons (Fsp3) is 0.545. The molecule has 0 aromatic carbocycles. The second-order valence-electron chi connectivity index (χ2n) is 3.39. The molecule has 0 saturated carbocycles. The van der Waals surface area contributed by atoms with Gasteiger partial charge in [0.15, 0.2) is 0 Å². The normalized spacial score (nSPS) is 10.4. The number of thioether (sulfide) groups is 1. The maximum Gasteiger partial charge on any atom is 0.0313 e. The molecule has 1 N–H and O–H groups in total. The van der Waals surface area contributed by atoms with E-state index in [9.17, 15) is 0 Å². The SMILES string of the molecule is CSCCCNCc1cncc(C)c1. The molecule has 14 heavy (non-hydrogen) atoms. The molecule has 0 atom stereocenters. The summed E-state index contributed by atoms with van der Waals surface area (Å²) in [4.78, 5) is 4.16. The van der Waals surface area contributed by atoms with Gasteiger partial charge < -0.3 is 5.32 Å². The van der Waals surface area contributed by atoms with Crippen molar-refractivity contribution in [1.82, 2.24) is 10.3 Å². The van der Waals surface area contributed by atoms with Crippen molar-refractivity contribution >= 4 is 11.8 Å². The summed E-state index contributed by atoms with van der Waals surface area (Å²) in [6.45, 7) is 4.10. The van der Waals surface area contributed by atoms with Crippen LogP contribution in [0.1, 0.15) is 17.5 Å². The number of rotatable bonds is 6. The highest BCUT2D eigenvalue weighted by Crippen LogP contribution is 2.00. The minimum absolute atomic E-state index is 0.934. The molecule has 0 aliphatic carbocycles. The van der Waals surface area contributed by atoms with Gasteiger partial charge in [-0.2, -0.15) is 11.8 Å². The van der Waals surface area contributed by atoms with Crippen molar-refractivity contribution in [3.63, 3.8) is 0 Å². The summed E-state index contributed by atoms with van der Waals surface area (Å²) >= 11 is 1.90. The first-order valence-corrected chi connectivity index (χ1v) is 6.32. The van der Waals surface area contributed by atoms with Gasteiger partial charge in [0.2, 0.25) is 0 Å². The number of aromatic nitrogens is 1. The van der Waals surface area contributed by atoms with E-state index in [-0.39, 0.29) is 0 Å². The predicted octanol–water partition coefficient (Wildman–Crippen LogP) is 2.23. The Labute approximate surface area is 90.5 Å². The average Bonchev–Trinajstić information content (AvgIpc) is 2.18. The Morgan fingerprint density at radius 3 is 3.00 bits per heavy atom. The van der Waals surface area contributed by atoms with Crippen molar-refractivity contribution in [1.29, 1.82) is 0 Å². The fourth-order valence-corrected chi connectivity index (χ4v) is 1.72. The molecule has 78 valence electrons. The first-order chi connectivity index (χ1) is 6.83. The Bertz CT molecular complexity index is 263. The zero-order valence-corrected chi connectivity index (χ0v) is 9.73. The van der Waals surface area contributed by atoms with Crippen molar-refractivity contribution in [3.05, 3.63) is 29.6 Å². The highest BCUT2D eigenvalue weighted by atomic mass is 32.2. The van der Waals surface area contributed by atoms with E-state index < -0.39 is 0 Å². The average molecular weight is 210 g/mol. The third-order valence-electron chi connectivity index (χ3n) is 1.96. The molecular formula is C11H18N2S. The third kappa shape index (κ3) is 4.63. The summed E-state index contributed by atoms with van der Waals surface area (Å²) in [6, 6.07) is 2.18. The topological polar surface area (TPSA) is 24.9 Å². The lowest BCUT2D eigenvalue weighted by atomic mass is 10.2. The fourth-order valence-electron chi connectivity index (χ4n) is 1.29. The van der Waals surface area contributed by atoms with Gasteiger partial charge in [0, 0.05) is 18.9 Å². The summed E-state index contributed by atoms with van der Waals surface area (Å²) in [5.74, 6) is 1.24. The summed E-state index contributed by atoms with van der Waals surface area (Å²) in [5.41, 5.74) is 2.50. The molecule has 0 amide bonds. The molecular weight excluding hydrogens is 192 g/mol. The molecule has 1 rings (SSSR count). The van der Waals surface area contributed by atoms with Crippen molar-refractivity contribution in [2.24, 2.45) is 0 Å². The highest BCUT2D eigenvalue weighted by molar-refractivity contribution is 7.98. The van der Waals surface area contributed by atoms with Crippen molar-refractivity contribution < 1.29 is 0 Å². The van der Waals surface area contributed by atoms with E-state index in [2.05, 4.69) is 29.5 Å². The Balaban J connectivity index is 2.18. The molecule has 1 aromatic heterocycles. The molecule has 3 heteroatoms. The van der Waals surface area contributed by atoms with E-state index >= 15 is 0 Å². The Hall–Kier alpha value is -0.540. The van der Waals surface area contributed by atoms with Crippen LogP contribution in [0.25, 0.3) is 0 Å². The van der Waals surface area contributed by atoms with E-state index in [0.29, 0.717) is 0 Å². The molecule has 0 spiro atoms. The van der Waals surface area contributed by atoms with Crippen LogP contribution in [0.2, 0.25) is 0 Å². The van der Waals surface area contributed by atoms with Crippen molar-refractivity contribution in [3.8, 4) is 0 Å². The first-order valence-electron chi connectivity index (χ1n) is 4.93. The first kappa shape index (κ1) is 11.5. The minimum atomic E-state index is 0.934. The molecule has 2 nitrogen and oxygen atoms in total. The lowest BCUT2D eigenvalue weighted by Gasteiger charge is -2.04. The van der Waals surface area contributed by atoms with E-state index in [4.69, 9.17) is 0 Å². The summed E-state index contributed by atoms with van der Waals surface area (Å²) < 4.78 is 0. The number of hydrogen-bond acceptors (Lipinski definition) is 3. The van der Waals surface area contributed by atoms with Crippen LogP contribution in [0.15, 0.2) is 18.5 Å². The van der Waals surface area contributed by atoms with E-state index in [1.54, 1.807) is 0 Å². The molecule has 0 bridgehead atoms. The van der Waals surface area contributed by atoms with E-state index in [1.807, 2.05) is 24.2 Å². The van der Waals surface area contributed by atoms with Gasteiger partial charge in [-0.25, -0.2) is 0 Å². The second kappa shape index (κ2) is 6.85. The molecule has 0 radical (unpaired) electrons. The second-order valence-corrected chi connectivity index (χ2v) is 4.38. The van der Waals surface area contributed by atoms with E-state index in [0.717, 1.165) is 13.1 Å². The van der Waals surface area contributed by atoms with Crippen LogP contribution in [0.4, 0.5) is 0 Å². The largest absolute Gasteiger partial charge is 0.313 e. The van der Waals surface area contributed by atoms with Gasteiger partial charge in [0.05, 0.1) is 0 Å². The maximum atomic E-state index is 4.16. The highest BCUT2D eigenvalue weighted by Gasteiger charge is 1.93. The van der Waals surface area contributed by atoms with Crippen LogP contribution >= 0.6 is 11.8 Å². The molecule has 1 heterocycles. The molecule has 0 saturated heterocycles. The zero-order valence-electron chi connectivity index (χ0n) is 8.92. The molecule has 0 unspecified atom stereocenters. The lowest BCUT2D eigenvalue weighted by Crippen LogP contribution is -2.15. The number of nitrogens with one attached hydrogen (secondary N) is 1. The number of pyridine rings is 1. The predicted molar refractivity (Wildman–Crippen MR) is 63.7 cm³/mol. The Morgan fingerprint density at radius 2 is 2.29 bits per heavy atom. The van der Waals surface area contributed by atoms with Gasteiger partial charge in [-0.15, -0.1) is 0 Å². The minimum Gasteiger partial charge on any atom is -0.313 e. The number of nitrogens with zero attached hydrogens (tertiary/aromatic N) is 1. The van der Waals surface area contributed by atoms with Crippen LogP contribution in [0.5, 0.6) is 0 Å². The smallest absolute Gasteiger partial charge is 0.0313 e. The molecule has 1 aromatic rings. The monoisotopic (exact) mass is 210 g/mol.